The van der Waals surface area contributed by atoms with E-state index in [4.69, 9.17) is 16.2 Å². The van der Waals surface area contributed by atoms with E-state index in [0.717, 1.165) is 0 Å². The maximum absolute atomic E-state index is 12.6. The van der Waals surface area contributed by atoms with E-state index in [-0.39, 0.29) is 0 Å². The molecule has 0 saturated heterocycles. The second kappa shape index (κ2) is 4.23. The van der Waals surface area contributed by atoms with Gasteiger partial charge in [0.1, 0.15) is 6.07 Å². The van der Waals surface area contributed by atoms with Crippen molar-refractivity contribution < 1.29 is 34.4 Å². The molecule has 0 heterocycles. The maximum atomic E-state index is 12.6. The quantitative estimate of drug-likeness (QED) is 0.431. The molecule has 0 saturated carbocycles. The van der Waals surface area contributed by atoms with Crippen molar-refractivity contribution in [1.82, 2.24) is 0 Å². The molecule has 0 aromatic rings. The van der Waals surface area contributed by atoms with Crippen LogP contribution in [0.4, 0.5) is 8.78 Å². The molecule has 0 amide bonds. The van der Waals surface area contributed by atoms with Gasteiger partial charge in [0.05, 0.1) is 0 Å². The minimum atomic E-state index is -5.45. The summed E-state index contributed by atoms with van der Waals surface area (Å²) in [7, 11) is -10.6. The van der Waals surface area contributed by atoms with Crippen LogP contribution >= 0.6 is 11.6 Å². The van der Waals surface area contributed by atoms with Crippen LogP contribution in [0.5, 0.6) is 0 Å². The molecule has 11 heteroatoms. The third-order valence-electron chi connectivity index (χ3n) is 0.916. The molecule has 0 unspecified atom stereocenters. The highest BCUT2D eigenvalue weighted by Gasteiger charge is 2.49. The summed E-state index contributed by atoms with van der Waals surface area (Å²) in [6.45, 7) is 0. The molecule has 0 rings (SSSR count). The minimum Gasteiger partial charge on any atom is -0.285 e. The zero-order valence-corrected chi connectivity index (χ0v) is 8.74. The average Bonchev–Trinajstić information content (AvgIpc) is 1.79. The Bertz CT molecular complexity index is 385. The number of alkyl halides is 3. The van der Waals surface area contributed by atoms with Crippen LogP contribution in [0.1, 0.15) is 0 Å². The van der Waals surface area contributed by atoms with Crippen LogP contribution in [0.15, 0.2) is 0 Å². The lowest BCUT2D eigenvalue weighted by Crippen LogP contribution is -2.37. The van der Waals surface area contributed by atoms with Crippen molar-refractivity contribution in [2.75, 3.05) is 11.8 Å². The molecule has 0 radical (unpaired) electrons. The maximum Gasteiger partial charge on any atom is 0.386 e. The van der Waals surface area contributed by atoms with Crippen molar-refractivity contribution in [3.63, 3.8) is 0 Å². The van der Waals surface area contributed by atoms with Gasteiger partial charge in [-0.2, -0.15) is 25.6 Å². The van der Waals surface area contributed by atoms with E-state index in [2.05, 4.69) is 4.18 Å². The predicted molar refractivity (Wildman–Crippen MR) is 42.1 cm³/mol. The molecule has 0 aromatic carbocycles. The molecule has 86 valence electrons. The van der Waals surface area contributed by atoms with Gasteiger partial charge in [-0.15, -0.1) is 0 Å². The molecular formula is C3H5ClF2O6S2. The second-order valence-electron chi connectivity index (χ2n) is 2.04. The SMILES string of the molecule is O=S(=O)(O)CC(F)(F)S(=O)(=O)OCCl. The summed E-state index contributed by atoms with van der Waals surface area (Å²) in [5.41, 5.74) is 0. The van der Waals surface area contributed by atoms with Crippen molar-refractivity contribution in [3.8, 4) is 0 Å². The zero-order chi connectivity index (χ0) is 11.6. The molecule has 14 heavy (non-hydrogen) atoms. The van der Waals surface area contributed by atoms with Gasteiger partial charge in [-0.05, 0) is 0 Å². The number of halogens is 3. The van der Waals surface area contributed by atoms with Gasteiger partial charge in [0.2, 0.25) is 0 Å². The third kappa shape index (κ3) is 4.00. The van der Waals surface area contributed by atoms with Crippen LogP contribution in [-0.2, 0) is 24.4 Å². The Hall–Kier alpha value is -0.0300. The fourth-order valence-corrected chi connectivity index (χ4v) is 2.52. The van der Waals surface area contributed by atoms with E-state index in [0.29, 0.717) is 0 Å². The largest absolute Gasteiger partial charge is 0.386 e. The fraction of sp³-hybridized carbons (Fsp3) is 1.00. The topological polar surface area (TPSA) is 97.7 Å². The number of rotatable bonds is 5. The Balaban J connectivity index is 4.97. The van der Waals surface area contributed by atoms with Crippen molar-refractivity contribution in [3.05, 3.63) is 0 Å². The van der Waals surface area contributed by atoms with Crippen molar-refractivity contribution in [2.24, 2.45) is 0 Å². The Morgan fingerprint density at radius 3 is 2.00 bits per heavy atom. The predicted octanol–water partition coefficient (Wildman–Crippen LogP) is 0.00970. The van der Waals surface area contributed by atoms with E-state index in [1.165, 1.54) is 0 Å². The minimum absolute atomic E-state index is 1.08. The summed E-state index contributed by atoms with van der Waals surface area (Å²) in [4.78, 5) is 0. The van der Waals surface area contributed by atoms with Gasteiger partial charge in [-0.3, -0.25) is 4.55 Å². The van der Waals surface area contributed by atoms with Gasteiger partial charge in [-0.1, -0.05) is 11.6 Å². The Labute approximate surface area is 83.7 Å². The van der Waals surface area contributed by atoms with Crippen molar-refractivity contribution in [2.45, 2.75) is 5.25 Å². The molecule has 0 bridgehead atoms. The highest BCUT2D eigenvalue weighted by Crippen LogP contribution is 2.25. The molecule has 0 atom stereocenters. The Morgan fingerprint density at radius 1 is 1.29 bits per heavy atom. The molecule has 0 aliphatic carbocycles. The van der Waals surface area contributed by atoms with Crippen LogP contribution in [0, 0.1) is 0 Å². The fourth-order valence-electron chi connectivity index (χ4n) is 0.429. The van der Waals surface area contributed by atoms with Gasteiger partial charge in [0, 0.05) is 0 Å². The van der Waals surface area contributed by atoms with Crippen LogP contribution in [0.25, 0.3) is 0 Å². The Morgan fingerprint density at radius 2 is 1.71 bits per heavy atom. The van der Waals surface area contributed by atoms with Gasteiger partial charge >= 0.3 is 15.4 Å². The highest BCUT2D eigenvalue weighted by atomic mass is 35.5. The van der Waals surface area contributed by atoms with Gasteiger partial charge < -0.3 is 0 Å². The number of hydrogen-bond acceptors (Lipinski definition) is 5. The smallest absolute Gasteiger partial charge is 0.285 e. The summed E-state index contributed by atoms with van der Waals surface area (Å²) in [5, 5.41) is -4.74. The second-order valence-corrected chi connectivity index (χ2v) is 5.46. The van der Waals surface area contributed by atoms with Crippen LogP contribution in [-0.4, -0.2) is 38.5 Å². The first-order chi connectivity index (χ1) is 6.02. The molecule has 0 spiro atoms. The van der Waals surface area contributed by atoms with E-state index in [9.17, 15) is 25.6 Å². The normalized spacial score (nSPS) is 14.3. The van der Waals surface area contributed by atoms with E-state index in [1.807, 2.05) is 0 Å². The zero-order valence-electron chi connectivity index (χ0n) is 6.35. The molecular weight excluding hydrogens is 270 g/mol. The van der Waals surface area contributed by atoms with Gasteiger partial charge in [-0.25, -0.2) is 4.18 Å². The first kappa shape index (κ1) is 14.0. The first-order valence-corrected chi connectivity index (χ1v) is 6.35. The average molecular weight is 275 g/mol. The van der Waals surface area contributed by atoms with Gasteiger partial charge in [0.15, 0.2) is 5.75 Å². The monoisotopic (exact) mass is 274 g/mol. The molecule has 0 aromatic heterocycles. The standard InChI is InChI=1S/C3H5ClF2O6S2/c4-2-12-14(10,11)3(5,6)1-13(7,8)9/h1-2H2,(H,7,8,9). The lowest BCUT2D eigenvalue weighted by molar-refractivity contribution is 0.0979. The lowest BCUT2D eigenvalue weighted by atomic mass is 10.8. The van der Waals surface area contributed by atoms with Crippen LogP contribution < -0.4 is 0 Å². The summed E-state index contributed by atoms with van der Waals surface area (Å²) < 4.78 is 77.7. The van der Waals surface area contributed by atoms with Crippen LogP contribution in [0.2, 0.25) is 0 Å². The molecule has 0 fully saturated rings. The Kier molecular flexibility index (Phi) is 4.22. The summed E-state index contributed by atoms with van der Waals surface area (Å²) in [6, 6.07) is -1.08. The van der Waals surface area contributed by atoms with E-state index < -0.39 is 37.3 Å². The van der Waals surface area contributed by atoms with Crippen LogP contribution in [0.3, 0.4) is 0 Å². The third-order valence-corrected chi connectivity index (χ3v) is 3.37. The summed E-state index contributed by atoms with van der Waals surface area (Å²) >= 11 is 4.72. The van der Waals surface area contributed by atoms with E-state index >= 15 is 0 Å². The number of hydrogen-bond donors (Lipinski definition) is 1. The lowest BCUT2D eigenvalue weighted by Gasteiger charge is -2.13. The van der Waals surface area contributed by atoms with Crippen molar-refractivity contribution in [1.29, 1.82) is 0 Å². The summed E-state index contributed by atoms with van der Waals surface area (Å²) in [6.07, 6.45) is 0. The highest BCUT2D eigenvalue weighted by molar-refractivity contribution is 7.91. The molecule has 0 aliphatic heterocycles. The molecule has 0 aliphatic rings. The van der Waals surface area contributed by atoms with Gasteiger partial charge in [0.25, 0.3) is 10.1 Å². The molecule has 6 nitrogen and oxygen atoms in total. The molecule has 1 N–H and O–H groups in total. The van der Waals surface area contributed by atoms with Crippen molar-refractivity contribution >= 4 is 31.8 Å². The summed E-state index contributed by atoms with van der Waals surface area (Å²) in [5.74, 6) is -2.28. The first-order valence-electron chi connectivity index (χ1n) is 2.80. The van der Waals surface area contributed by atoms with E-state index in [1.54, 1.807) is 0 Å².